The van der Waals surface area contributed by atoms with Gasteiger partial charge in [-0.15, -0.1) is 0 Å². The molecule has 1 aliphatic heterocycles. The zero-order valence-corrected chi connectivity index (χ0v) is 17.3. The first kappa shape index (κ1) is 21.4. The summed E-state index contributed by atoms with van der Waals surface area (Å²) >= 11 is 0. The third kappa shape index (κ3) is 3.91. The fraction of sp³-hybridized carbons (Fsp3) is 0.364. The largest absolute Gasteiger partial charge is 0.472 e. The van der Waals surface area contributed by atoms with E-state index in [1.54, 1.807) is 11.8 Å². The van der Waals surface area contributed by atoms with Crippen molar-refractivity contribution in [3.8, 4) is 17.3 Å². The van der Waals surface area contributed by atoms with Crippen LogP contribution in [0.4, 0.5) is 17.6 Å². The fourth-order valence-electron chi connectivity index (χ4n) is 4.57. The maximum absolute atomic E-state index is 14.6. The molecule has 3 aromatic rings. The number of ether oxygens (including phenoxy) is 1. The molecule has 3 unspecified atom stereocenters. The van der Waals surface area contributed by atoms with Crippen LogP contribution >= 0.6 is 0 Å². The molecule has 33 heavy (non-hydrogen) atoms. The van der Waals surface area contributed by atoms with Crippen molar-refractivity contribution in [2.24, 2.45) is 5.92 Å². The topological polar surface area (TPSA) is 81.4 Å². The number of halogens is 4. The molecule has 0 spiro atoms. The number of aromatic nitrogens is 3. The Labute approximate surface area is 185 Å². The van der Waals surface area contributed by atoms with E-state index in [9.17, 15) is 22.4 Å². The number of carbonyl (C=O) groups excluding carboxylic acids is 1. The highest BCUT2D eigenvalue weighted by Gasteiger charge is 2.49. The van der Waals surface area contributed by atoms with Crippen LogP contribution in [0, 0.1) is 18.7 Å². The van der Waals surface area contributed by atoms with Crippen molar-refractivity contribution < 1.29 is 31.6 Å². The first-order valence-electron chi connectivity index (χ1n) is 10.3. The van der Waals surface area contributed by atoms with Gasteiger partial charge in [0, 0.05) is 18.8 Å². The van der Waals surface area contributed by atoms with Crippen molar-refractivity contribution in [2.45, 2.75) is 38.1 Å². The lowest BCUT2D eigenvalue weighted by atomic mass is 10.0. The Hall–Kier alpha value is -3.50. The van der Waals surface area contributed by atoms with Gasteiger partial charge in [0.1, 0.15) is 11.9 Å². The first-order chi connectivity index (χ1) is 15.7. The van der Waals surface area contributed by atoms with Crippen LogP contribution in [0.5, 0.6) is 5.88 Å². The molecule has 1 saturated heterocycles. The van der Waals surface area contributed by atoms with Crippen LogP contribution in [0.15, 0.2) is 41.1 Å². The Morgan fingerprint density at radius 2 is 2.03 bits per heavy atom. The summed E-state index contributed by atoms with van der Waals surface area (Å²) in [5.41, 5.74) is -0.833. The van der Waals surface area contributed by atoms with Crippen molar-refractivity contribution in [1.82, 2.24) is 20.0 Å². The Morgan fingerprint density at radius 3 is 2.67 bits per heavy atom. The van der Waals surface area contributed by atoms with Gasteiger partial charge < -0.3 is 14.2 Å². The van der Waals surface area contributed by atoms with Gasteiger partial charge in [-0.25, -0.2) is 9.37 Å². The molecule has 0 radical (unpaired) electrons. The van der Waals surface area contributed by atoms with Gasteiger partial charge in [0.15, 0.2) is 5.82 Å². The van der Waals surface area contributed by atoms with Crippen molar-refractivity contribution in [3.63, 3.8) is 0 Å². The standard InChI is InChI=1S/C22H18F4N4O3/c1-11-28-20(33-29-11)19-14(3-2-4-15(19)23)21(31)30-10-12-7-16(30)17(8-12)32-18-6-5-13(9-27-18)22(24,25)26/h2-6,9,12,16-17H,7-8,10H2,1H3. The van der Waals surface area contributed by atoms with Crippen LogP contribution in [0.2, 0.25) is 0 Å². The monoisotopic (exact) mass is 462 g/mol. The number of carbonyl (C=O) groups is 1. The van der Waals surface area contributed by atoms with E-state index in [4.69, 9.17) is 9.26 Å². The molecule has 2 aliphatic rings. The molecule has 11 heteroatoms. The molecule has 172 valence electrons. The van der Waals surface area contributed by atoms with E-state index in [2.05, 4.69) is 15.1 Å². The van der Waals surface area contributed by atoms with Crippen molar-refractivity contribution in [3.05, 3.63) is 59.3 Å². The molecule has 1 amide bonds. The van der Waals surface area contributed by atoms with E-state index in [1.807, 2.05) is 0 Å². The number of amides is 1. The second-order valence-electron chi connectivity index (χ2n) is 8.21. The van der Waals surface area contributed by atoms with Crippen molar-refractivity contribution in [1.29, 1.82) is 0 Å². The molecule has 5 rings (SSSR count). The molecule has 1 aliphatic carbocycles. The Bertz CT molecular complexity index is 1200. The number of hydrogen-bond donors (Lipinski definition) is 0. The Balaban J connectivity index is 1.38. The fourth-order valence-corrected chi connectivity index (χ4v) is 4.57. The number of nitrogens with zero attached hydrogens (tertiary/aromatic N) is 4. The van der Waals surface area contributed by atoms with Gasteiger partial charge in [-0.3, -0.25) is 4.79 Å². The molecule has 3 heterocycles. The summed E-state index contributed by atoms with van der Waals surface area (Å²) in [5, 5.41) is 3.68. The minimum atomic E-state index is -4.49. The van der Waals surface area contributed by atoms with Crippen molar-refractivity contribution >= 4 is 5.91 Å². The number of piperidine rings is 1. The average Bonchev–Trinajstić information content (AvgIpc) is 3.48. The molecule has 3 atom stereocenters. The van der Waals surface area contributed by atoms with Crippen LogP contribution in [-0.2, 0) is 6.18 Å². The highest BCUT2D eigenvalue weighted by Crippen LogP contribution is 2.41. The first-order valence-corrected chi connectivity index (χ1v) is 10.3. The molecular weight excluding hydrogens is 444 g/mol. The van der Waals surface area contributed by atoms with Crippen LogP contribution in [0.25, 0.3) is 11.5 Å². The predicted molar refractivity (Wildman–Crippen MR) is 106 cm³/mol. The molecular formula is C22H18F4N4O3. The van der Waals surface area contributed by atoms with E-state index in [-0.39, 0.29) is 34.9 Å². The number of pyridine rings is 1. The second kappa shape index (κ2) is 7.82. The molecule has 1 aromatic carbocycles. The van der Waals surface area contributed by atoms with Gasteiger partial charge in [0.05, 0.1) is 22.7 Å². The van der Waals surface area contributed by atoms with Gasteiger partial charge in [-0.1, -0.05) is 11.2 Å². The summed E-state index contributed by atoms with van der Waals surface area (Å²) in [7, 11) is 0. The van der Waals surface area contributed by atoms with E-state index in [0.717, 1.165) is 12.3 Å². The predicted octanol–water partition coefficient (Wildman–Crippen LogP) is 4.28. The SMILES string of the molecule is Cc1noc(-c2c(F)cccc2C(=O)N2CC3CC(Oc4ccc(C(F)(F)F)cn4)C2C3)n1. The van der Waals surface area contributed by atoms with Crippen molar-refractivity contribution in [2.75, 3.05) is 6.54 Å². The van der Waals surface area contributed by atoms with Gasteiger partial charge in [-0.05, 0) is 43.9 Å². The molecule has 0 N–H and O–H groups in total. The molecule has 2 aromatic heterocycles. The molecule has 2 fully saturated rings. The quantitative estimate of drug-likeness (QED) is 0.539. The number of rotatable bonds is 4. The average molecular weight is 462 g/mol. The summed E-state index contributed by atoms with van der Waals surface area (Å²) in [4.78, 5) is 22.8. The summed E-state index contributed by atoms with van der Waals surface area (Å²) in [5.74, 6) is -0.608. The Morgan fingerprint density at radius 1 is 1.21 bits per heavy atom. The van der Waals surface area contributed by atoms with Crippen LogP contribution in [0.3, 0.4) is 0 Å². The maximum atomic E-state index is 14.6. The zero-order valence-electron chi connectivity index (χ0n) is 17.3. The lowest BCUT2D eigenvalue weighted by Crippen LogP contribution is -2.47. The minimum absolute atomic E-state index is 0.0562. The second-order valence-corrected chi connectivity index (χ2v) is 8.21. The molecule has 1 saturated carbocycles. The highest BCUT2D eigenvalue weighted by atomic mass is 19.4. The highest BCUT2D eigenvalue weighted by molar-refractivity contribution is 6.00. The number of alkyl halides is 3. The molecule has 2 bridgehead atoms. The number of hydrogen-bond acceptors (Lipinski definition) is 6. The van der Waals surface area contributed by atoms with Crippen LogP contribution in [0.1, 0.15) is 34.6 Å². The van der Waals surface area contributed by atoms with Gasteiger partial charge >= 0.3 is 6.18 Å². The van der Waals surface area contributed by atoms with Gasteiger partial charge in [-0.2, -0.15) is 18.2 Å². The van der Waals surface area contributed by atoms with E-state index < -0.39 is 29.6 Å². The maximum Gasteiger partial charge on any atom is 0.417 e. The third-order valence-electron chi connectivity index (χ3n) is 6.01. The van der Waals surface area contributed by atoms with Gasteiger partial charge in [0.25, 0.3) is 11.8 Å². The number of aryl methyl sites for hydroxylation is 1. The van der Waals surface area contributed by atoms with Crippen LogP contribution in [-0.4, -0.2) is 44.6 Å². The number of benzene rings is 1. The number of fused-ring (bicyclic) bond motifs is 2. The normalized spacial score (nSPS) is 22.1. The van der Waals surface area contributed by atoms with E-state index in [0.29, 0.717) is 25.2 Å². The lowest BCUT2D eigenvalue weighted by Gasteiger charge is -2.33. The van der Waals surface area contributed by atoms with E-state index in [1.165, 1.54) is 24.3 Å². The summed E-state index contributed by atoms with van der Waals surface area (Å²) in [6.07, 6.45) is -2.87. The Kier molecular flexibility index (Phi) is 5.06. The zero-order chi connectivity index (χ0) is 23.3. The van der Waals surface area contributed by atoms with Gasteiger partial charge in [0.2, 0.25) is 5.88 Å². The summed E-state index contributed by atoms with van der Waals surface area (Å²) < 4.78 is 63.9. The summed E-state index contributed by atoms with van der Waals surface area (Å²) in [6, 6.07) is 5.91. The molecule has 7 nitrogen and oxygen atoms in total. The summed E-state index contributed by atoms with van der Waals surface area (Å²) in [6.45, 7) is 2.06. The lowest BCUT2D eigenvalue weighted by molar-refractivity contribution is -0.137. The van der Waals surface area contributed by atoms with Crippen LogP contribution < -0.4 is 4.74 Å². The smallest absolute Gasteiger partial charge is 0.417 e. The number of likely N-dealkylation sites (tertiary alicyclic amines) is 1. The van der Waals surface area contributed by atoms with E-state index >= 15 is 0 Å². The third-order valence-corrected chi connectivity index (χ3v) is 6.01. The minimum Gasteiger partial charge on any atom is -0.472 e.